The number of amides is 2. The molecule has 36 heavy (non-hydrogen) atoms. The number of carbonyl (C=O) groups is 2. The molecule has 182 valence electrons. The van der Waals surface area contributed by atoms with Gasteiger partial charge in [0.15, 0.2) is 0 Å². The van der Waals surface area contributed by atoms with Crippen LogP contribution in [0.4, 0.5) is 0 Å². The first-order chi connectivity index (χ1) is 17.5. The molecule has 0 spiro atoms. The zero-order valence-electron chi connectivity index (χ0n) is 20.3. The standard InChI is InChI=1S/C29H29N5O2/c1-34-14-12-16-5-10-20-22(27(16)34)24-23(28(35)33-29(24)36)21-19-4-2-3-15(25(19)32-26(20)21)11-13-31-18-8-6-17(30)7-9-18/h2-5,10,12,14,17-18,31-32H,6-9,11,13,30H2,1H3,(H,33,35,36). The Morgan fingerprint density at radius 1 is 0.944 bits per heavy atom. The van der Waals surface area contributed by atoms with E-state index in [1.165, 1.54) is 5.56 Å². The molecule has 7 heteroatoms. The number of imide groups is 1. The maximum Gasteiger partial charge on any atom is 0.259 e. The molecular formula is C29H29N5O2. The van der Waals surface area contributed by atoms with Crippen LogP contribution in [0.3, 0.4) is 0 Å². The predicted octanol–water partition coefficient (Wildman–Crippen LogP) is 4.25. The van der Waals surface area contributed by atoms with E-state index in [0.29, 0.717) is 23.2 Å². The molecule has 0 radical (unpaired) electrons. The highest BCUT2D eigenvalue weighted by Crippen LogP contribution is 2.42. The summed E-state index contributed by atoms with van der Waals surface area (Å²) in [6, 6.07) is 13.3. The maximum atomic E-state index is 13.1. The van der Waals surface area contributed by atoms with Crippen LogP contribution in [-0.4, -0.2) is 40.0 Å². The summed E-state index contributed by atoms with van der Waals surface area (Å²) in [6.07, 6.45) is 7.30. The van der Waals surface area contributed by atoms with Crippen LogP contribution in [0.15, 0.2) is 42.6 Å². The first-order valence-electron chi connectivity index (χ1n) is 12.8. The van der Waals surface area contributed by atoms with Crippen LogP contribution in [0, 0.1) is 0 Å². The highest BCUT2D eigenvalue weighted by molar-refractivity contribution is 6.39. The molecule has 5 aromatic rings. The first-order valence-corrected chi connectivity index (χ1v) is 12.8. The summed E-state index contributed by atoms with van der Waals surface area (Å²) in [5.74, 6) is -0.644. The Balaban J connectivity index is 1.41. The Kier molecular flexibility index (Phi) is 4.75. The zero-order valence-corrected chi connectivity index (χ0v) is 20.3. The number of para-hydroxylation sites is 1. The molecule has 2 aliphatic rings. The van der Waals surface area contributed by atoms with Crippen LogP contribution < -0.4 is 16.4 Å². The number of H-pyrrole nitrogens is 1. The van der Waals surface area contributed by atoms with Crippen molar-refractivity contribution in [1.29, 1.82) is 0 Å². The summed E-state index contributed by atoms with van der Waals surface area (Å²) in [7, 11) is 1.98. The number of hydrogen-bond donors (Lipinski definition) is 4. The summed E-state index contributed by atoms with van der Waals surface area (Å²) in [6.45, 7) is 0.885. The fraction of sp³-hybridized carbons (Fsp3) is 0.310. The highest BCUT2D eigenvalue weighted by atomic mass is 16.2. The van der Waals surface area contributed by atoms with Crippen LogP contribution in [0.2, 0.25) is 0 Å². The lowest BCUT2D eigenvalue weighted by molar-refractivity contribution is 0.0880. The topological polar surface area (TPSA) is 105 Å². The molecule has 1 aliphatic heterocycles. The summed E-state index contributed by atoms with van der Waals surface area (Å²) >= 11 is 0. The molecule has 7 rings (SSSR count). The molecule has 1 fully saturated rings. The van der Waals surface area contributed by atoms with Gasteiger partial charge in [0.25, 0.3) is 11.8 Å². The van der Waals surface area contributed by atoms with Crippen molar-refractivity contribution in [3.63, 3.8) is 0 Å². The molecule has 0 saturated heterocycles. The van der Waals surface area contributed by atoms with Gasteiger partial charge in [-0.25, -0.2) is 0 Å². The van der Waals surface area contributed by atoms with E-state index < -0.39 is 0 Å². The fourth-order valence-electron chi connectivity index (χ4n) is 6.46. The third-order valence-electron chi connectivity index (χ3n) is 8.26. The summed E-state index contributed by atoms with van der Waals surface area (Å²) in [4.78, 5) is 29.9. The number of aryl methyl sites for hydroxylation is 1. The molecule has 7 nitrogen and oxygen atoms in total. The number of carbonyl (C=O) groups excluding carboxylic acids is 2. The van der Waals surface area contributed by atoms with E-state index in [1.807, 2.05) is 23.9 Å². The Morgan fingerprint density at radius 3 is 2.50 bits per heavy atom. The highest BCUT2D eigenvalue weighted by Gasteiger charge is 2.34. The van der Waals surface area contributed by atoms with Gasteiger partial charge in [-0.1, -0.05) is 30.3 Å². The van der Waals surface area contributed by atoms with E-state index in [4.69, 9.17) is 5.73 Å². The lowest BCUT2D eigenvalue weighted by atomic mass is 9.91. The minimum absolute atomic E-state index is 0.322. The summed E-state index contributed by atoms with van der Waals surface area (Å²) in [5.41, 5.74) is 11.1. The van der Waals surface area contributed by atoms with Crippen LogP contribution in [0.1, 0.15) is 52.0 Å². The van der Waals surface area contributed by atoms with Crippen molar-refractivity contribution in [3.05, 3.63) is 59.3 Å². The van der Waals surface area contributed by atoms with E-state index in [0.717, 1.165) is 82.1 Å². The molecule has 0 unspecified atom stereocenters. The summed E-state index contributed by atoms with van der Waals surface area (Å²) in [5, 5.41) is 10.9. The molecule has 5 N–H and O–H groups in total. The predicted molar refractivity (Wildman–Crippen MR) is 144 cm³/mol. The average Bonchev–Trinajstić information content (AvgIpc) is 3.54. The van der Waals surface area contributed by atoms with Gasteiger partial charge in [-0.3, -0.25) is 14.9 Å². The van der Waals surface area contributed by atoms with Gasteiger partial charge in [0.1, 0.15) is 0 Å². The average molecular weight is 480 g/mol. The lowest BCUT2D eigenvalue weighted by Gasteiger charge is -2.27. The monoisotopic (exact) mass is 479 g/mol. The Hall–Kier alpha value is -3.68. The lowest BCUT2D eigenvalue weighted by Crippen LogP contribution is -2.38. The fourth-order valence-corrected chi connectivity index (χ4v) is 6.46. The van der Waals surface area contributed by atoms with Gasteiger partial charge in [-0.05, 0) is 50.3 Å². The molecule has 2 amide bonds. The molecule has 0 atom stereocenters. The molecular weight excluding hydrogens is 450 g/mol. The Bertz CT molecular complexity index is 1720. The van der Waals surface area contributed by atoms with E-state index in [-0.39, 0.29) is 11.8 Å². The van der Waals surface area contributed by atoms with Crippen LogP contribution in [-0.2, 0) is 13.5 Å². The van der Waals surface area contributed by atoms with Crippen molar-refractivity contribution in [1.82, 2.24) is 20.2 Å². The Labute approximate surface area is 208 Å². The summed E-state index contributed by atoms with van der Waals surface area (Å²) < 4.78 is 2.03. The van der Waals surface area contributed by atoms with Crippen molar-refractivity contribution in [2.75, 3.05) is 6.54 Å². The molecule has 3 heterocycles. The van der Waals surface area contributed by atoms with Gasteiger partial charge < -0.3 is 20.6 Å². The van der Waals surface area contributed by atoms with Gasteiger partial charge in [0.2, 0.25) is 0 Å². The number of nitrogens with one attached hydrogen (secondary N) is 3. The SMILES string of the molecule is Cn1ccc2ccc3c4[nH]c5c(CCNC6CCC(N)CC6)cccc5c4c4c(c3c21)C(=O)NC4=O. The van der Waals surface area contributed by atoms with Crippen LogP contribution in [0.5, 0.6) is 0 Å². The molecule has 0 bridgehead atoms. The number of hydrogen-bond acceptors (Lipinski definition) is 4. The van der Waals surface area contributed by atoms with Crippen molar-refractivity contribution >= 4 is 55.3 Å². The Morgan fingerprint density at radius 2 is 1.69 bits per heavy atom. The van der Waals surface area contributed by atoms with Crippen LogP contribution in [0.25, 0.3) is 43.5 Å². The first kappa shape index (κ1) is 21.6. The third kappa shape index (κ3) is 3.06. The molecule has 1 aliphatic carbocycles. The van der Waals surface area contributed by atoms with Crippen LogP contribution >= 0.6 is 0 Å². The second kappa shape index (κ2) is 7.91. The van der Waals surface area contributed by atoms with Crippen molar-refractivity contribution < 1.29 is 9.59 Å². The van der Waals surface area contributed by atoms with E-state index in [1.54, 1.807) is 0 Å². The zero-order chi connectivity index (χ0) is 24.6. The smallest absolute Gasteiger partial charge is 0.259 e. The maximum absolute atomic E-state index is 13.1. The number of nitrogens with two attached hydrogens (primary N) is 1. The minimum Gasteiger partial charge on any atom is -0.354 e. The van der Waals surface area contributed by atoms with Crippen molar-refractivity contribution in [2.24, 2.45) is 12.8 Å². The van der Waals surface area contributed by atoms with Gasteiger partial charge >= 0.3 is 0 Å². The quantitative estimate of drug-likeness (QED) is 0.289. The third-order valence-corrected chi connectivity index (χ3v) is 8.26. The van der Waals surface area contributed by atoms with E-state index in [2.05, 4.69) is 45.9 Å². The normalized spacial score (nSPS) is 20.2. The van der Waals surface area contributed by atoms with Gasteiger partial charge in [-0.2, -0.15) is 0 Å². The largest absolute Gasteiger partial charge is 0.354 e. The molecule has 3 aromatic carbocycles. The number of nitrogens with zero attached hydrogens (tertiary/aromatic N) is 1. The molecule has 1 saturated carbocycles. The van der Waals surface area contributed by atoms with E-state index in [9.17, 15) is 9.59 Å². The van der Waals surface area contributed by atoms with Gasteiger partial charge in [0.05, 0.1) is 22.2 Å². The second-order valence-corrected chi connectivity index (χ2v) is 10.4. The van der Waals surface area contributed by atoms with E-state index >= 15 is 0 Å². The molecule has 2 aromatic heterocycles. The number of aromatic amines is 1. The number of benzene rings is 3. The van der Waals surface area contributed by atoms with Gasteiger partial charge in [0, 0.05) is 57.8 Å². The number of rotatable bonds is 4. The number of aromatic nitrogens is 2. The minimum atomic E-state index is -0.323. The van der Waals surface area contributed by atoms with Gasteiger partial charge in [-0.15, -0.1) is 0 Å². The number of fused-ring (bicyclic) bond motifs is 10. The van der Waals surface area contributed by atoms with Crippen molar-refractivity contribution in [2.45, 2.75) is 44.2 Å². The van der Waals surface area contributed by atoms with Crippen molar-refractivity contribution in [3.8, 4) is 0 Å². The second-order valence-electron chi connectivity index (χ2n) is 10.4.